The van der Waals surface area contributed by atoms with Crippen LogP contribution in [0.4, 0.5) is 5.69 Å². The number of anilines is 1. The van der Waals surface area contributed by atoms with Crippen molar-refractivity contribution in [2.75, 3.05) is 11.9 Å². The molecule has 1 rings (SSSR count). The van der Waals surface area contributed by atoms with Crippen molar-refractivity contribution < 1.29 is 24.2 Å². The Bertz CT molecular complexity index is 545. The minimum Gasteiger partial charge on any atom is -0.478 e. The Labute approximate surface area is 116 Å². The number of hydrogen-bond acceptors (Lipinski definition) is 4. The second kappa shape index (κ2) is 7.08. The first-order valence-corrected chi connectivity index (χ1v) is 5.93. The van der Waals surface area contributed by atoms with Crippen LogP contribution in [0, 0.1) is 0 Å². The number of carboxylic acid groups (broad SMARTS) is 1. The maximum atomic E-state index is 11.6. The van der Waals surface area contributed by atoms with Crippen LogP contribution in [0.5, 0.6) is 0 Å². The van der Waals surface area contributed by atoms with E-state index in [1.807, 2.05) is 0 Å². The molecule has 0 atom stereocenters. The van der Waals surface area contributed by atoms with Gasteiger partial charge in [-0.2, -0.15) is 0 Å². The fourth-order valence-electron chi connectivity index (χ4n) is 1.38. The molecule has 0 aliphatic rings. The predicted molar refractivity (Wildman–Crippen MR) is 72.4 cm³/mol. The number of amides is 1. The molecular formula is C14H15NO5. The highest BCUT2D eigenvalue weighted by atomic mass is 16.5. The molecule has 0 saturated heterocycles. The summed E-state index contributed by atoms with van der Waals surface area (Å²) < 4.78 is 4.83. The lowest BCUT2D eigenvalue weighted by Gasteiger charge is -2.06. The van der Waals surface area contributed by atoms with Gasteiger partial charge in [0, 0.05) is 17.3 Å². The van der Waals surface area contributed by atoms with Gasteiger partial charge in [0.2, 0.25) is 0 Å². The van der Waals surface area contributed by atoms with Crippen LogP contribution in [0.3, 0.4) is 0 Å². The van der Waals surface area contributed by atoms with Crippen LogP contribution in [-0.4, -0.2) is 29.6 Å². The first kappa shape index (κ1) is 15.4. The van der Waals surface area contributed by atoms with E-state index in [1.54, 1.807) is 6.92 Å². The zero-order chi connectivity index (χ0) is 15.1. The molecule has 6 nitrogen and oxygen atoms in total. The van der Waals surface area contributed by atoms with E-state index in [1.165, 1.54) is 31.2 Å². The number of carbonyl (C=O) groups is 3. The van der Waals surface area contributed by atoms with Gasteiger partial charge in [0.1, 0.15) is 0 Å². The van der Waals surface area contributed by atoms with Gasteiger partial charge in [0.05, 0.1) is 12.2 Å². The number of ether oxygens (including phenoxy) is 1. The molecule has 0 radical (unpaired) electrons. The standard InChI is InChI=1S/C14H15NO5/c1-3-20-14(19)10-4-6-11(7-5-10)15-13(18)9(2)8-12(16)17/h4-8H,3H2,1-2H3,(H,15,18)(H,16,17)/b9-8-. The topological polar surface area (TPSA) is 92.7 Å². The summed E-state index contributed by atoms with van der Waals surface area (Å²) in [5.74, 6) is -2.14. The lowest BCUT2D eigenvalue weighted by atomic mass is 10.2. The van der Waals surface area contributed by atoms with Crippen LogP contribution in [0.25, 0.3) is 0 Å². The molecule has 0 aliphatic heterocycles. The quantitative estimate of drug-likeness (QED) is 0.632. The average Bonchev–Trinajstić information content (AvgIpc) is 2.39. The normalized spacial score (nSPS) is 10.8. The van der Waals surface area contributed by atoms with Crippen LogP contribution < -0.4 is 5.32 Å². The van der Waals surface area contributed by atoms with E-state index in [2.05, 4.69) is 5.32 Å². The van der Waals surface area contributed by atoms with Gasteiger partial charge in [-0.25, -0.2) is 9.59 Å². The Morgan fingerprint density at radius 1 is 1.25 bits per heavy atom. The number of carboxylic acids is 1. The number of nitrogens with one attached hydrogen (secondary N) is 1. The van der Waals surface area contributed by atoms with E-state index >= 15 is 0 Å². The molecule has 0 saturated carbocycles. The third-order valence-electron chi connectivity index (χ3n) is 2.35. The highest BCUT2D eigenvalue weighted by Crippen LogP contribution is 2.11. The second-order valence-electron chi connectivity index (χ2n) is 3.92. The predicted octanol–water partition coefficient (Wildman–Crippen LogP) is 1.83. The van der Waals surface area contributed by atoms with Crippen molar-refractivity contribution in [3.63, 3.8) is 0 Å². The lowest BCUT2D eigenvalue weighted by molar-refractivity contribution is -0.131. The van der Waals surface area contributed by atoms with Crippen LogP contribution in [0.2, 0.25) is 0 Å². The summed E-state index contributed by atoms with van der Waals surface area (Å²) in [6.07, 6.45) is 0.822. The van der Waals surface area contributed by atoms with Gasteiger partial charge in [-0.15, -0.1) is 0 Å². The Balaban J connectivity index is 2.73. The molecular weight excluding hydrogens is 262 g/mol. The molecule has 1 amide bonds. The molecule has 0 aromatic heterocycles. The van der Waals surface area contributed by atoms with Crippen molar-refractivity contribution in [1.82, 2.24) is 0 Å². The van der Waals surface area contributed by atoms with E-state index < -0.39 is 17.8 Å². The van der Waals surface area contributed by atoms with Gasteiger partial charge in [-0.1, -0.05) is 0 Å². The lowest BCUT2D eigenvalue weighted by Crippen LogP contribution is -2.14. The monoisotopic (exact) mass is 277 g/mol. The molecule has 106 valence electrons. The first-order chi connectivity index (χ1) is 9.43. The Morgan fingerprint density at radius 2 is 1.85 bits per heavy atom. The average molecular weight is 277 g/mol. The second-order valence-corrected chi connectivity index (χ2v) is 3.92. The van der Waals surface area contributed by atoms with Crippen molar-refractivity contribution >= 4 is 23.5 Å². The van der Waals surface area contributed by atoms with Gasteiger partial charge >= 0.3 is 11.9 Å². The first-order valence-electron chi connectivity index (χ1n) is 5.93. The zero-order valence-corrected chi connectivity index (χ0v) is 11.2. The molecule has 0 aliphatic carbocycles. The molecule has 1 aromatic rings. The minimum atomic E-state index is -1.18. The largest absolute Gasteiger partial charge is 0.478 e. The number of carbonyl (C=O) groups excluding carboxylic acids is 2. The van der Waals surface area contributed by atoms with E-state index in [0.29, 0.717) is 11.3 Å². The number of hydrogen-bond donors (Lipinski definition) is 2. The number of aliphatic carboxylic acids is 1. The molecule has 0 heterocycles. The Hall–Kier alpha value is -2.63. The van der Waals surface area contributed by atoms with Gasteiger partial charge in [-0.3, -0.25) is 4.79 Å². The smallest absolute Gasteiger partial charge is 0.338 e. The summed E-state index contributed by atoms with van der Waals surface area (Å²) in [5.41, 5.74) is 0.913. The third kappa shape index (κ3) is 4.56. The van der Waals surface area contributed by atoms with E-state index in [0.717, 1.165) is 6.08 Å². The molecule has 0 bridgehead atoms. The third-order valence-corrected chi connectivity index (χ3v) is 2.35. The van der Waals surface area contributed by atoms with E-state index in [9.17, 15) is 14.4 Å². The summed E-state index contributed by atoms with van der Waals surface area (Å²) >= 11 is 0. The fraction of sp³-hybridized carbons (Fsp3) is 0.214. The molecule has 0 unspecified atom stereocenters. The van der Waals surface area contributed by atoms with E-state index in [-0.39, 0.29) is 12.2 Å². The van der Waals surface area contributed by atoms with Crippen LogP contribution in [0.15, 0.2) is 35.9 Å². The number of rotatable bonds is 5. The molecule has 0 fully saturated rings. The highest BCUT2D eigenvalue weighted by molar-refractivity contribution is 6.06. The number of esters is 1. The molecule has 2 N–H and O–H groups in total. The van der Waals surface area contributed by atoms with Crippen molar-refractivity contribution in [2.45, 2.75) is 13.8 Å². The number of benzene rings is 1. The Kier molecular flexibility index (Phi) is 5.46. The molecule has 0 spiro atoms. The zero-order valence-electron chi connectivity index (χ0n) is 11.2. The maximum absolute atomic E-state index is 11.6. The molecule has 1 aromatic carbocycles. The summed E-state index contributed by atoms with van der Waals surface area (Å²) in [5, 5.41) is 11.1. The fourth-order valence-corrected chi connectivity index (χ4v) is 1.38. The van der Waals surface area contributed by atoms with Gasteiger partial charge in [-0.05, 0) is 38.1 Å². The van der Waals surface area contributed by atoms with Crippen LogP contribution in [-0.2, 0) is 14.3 Å². The van der Waals surface area contributed by atoms with Gasteiger partial charge < -0.3 is 15.2 Å². The summed E-state index contributed by atoms with van der Waals surface area (Å²) in [7, 11) is 0. The van der Waals surface area contributed by atoms with Crippen molar-refractivity contribution in [3.05, 3.63) is 41.5 Å². The van der Waals surface area contributed by atoms with Crippen LogP contribution in [0.1, 0.15) is 24.2 Å². The summed E-state index contributed by atoms with van der Waals surface area (Å²) in [6, 6.07) is 6.12. The SMILES string of the molecule is CCOC(=O)c1ccc(NC(=O)/C(C)=C\C(=O)O)cc1. The van der Waals surface area contributed by atoms with Crippen molar-refractivity contribution in [2.24, 2.45) is 0 Å². The highest BCUT2D eigenvalue weighted by Gasteiger charge is 2.09. The van der Waals surface area contributed by atoms with Crippen molar-refractivity contribution in [1.29, 1.82) is 0 Å². The maximum Gasteiger partial charge on any atom is 0.338 e. The van der Waals surface area contributed by atoms with Gasteiger partial charge in [0.15, 0.2) is 0 Å². The summed E-state index contributed by atoms with van der Waals surface area (Å²) in [6.45, 7) is 3.40. The minimum absolute atomic E-state index is 0.0759. The molecule has 6 heteroatoms. The molecule has 20 heavy (non-hydrogen) atoms. The van der Waals surface area contributed by atoms with Crippen molar-refractivity contribution in [3.8, 4) is 0 Å². The van der Waals surface area contributed by atoms with Crippen LogP contribution >= 0.6 is 0 Å². The van der Waals surface area contributed by atoms with E-state index in [4.69, 9.17) is 9.84 Å². The summed E-state index contributed by atoms with van der Waals surface area (Å²) in [4.78, 5) is 33.5. The van der Waals surface area contributed by atoms with Gasteiger partial charge in [0.25, 0.3) is 5.91 Å². The Morgan fingerprint density at radius 3 is 2.35 bits per heavy atom.